The monoisotopic (exact) mass is 242 g/mol. The van der Waals surface area contributed by atoms with E-state index in [-0.39, 0.29) is 12.5 Å². The lowest BCUT2D eigenvalue weighted by Gasteiger charge is -2.22. The Morgan fingerprint density at radius 2 is 2.35 bits per heavy atom. The van der Waals surface area contributed by atoms with E-state index in [0.29, 0.717) is 12.5 Å². The number of ether oxygens (including phenoxy) is 1. The lowest BCUT2D eigenvalue weighted by molar-refractivity contribution is -0.125. The third-order valence-electron chi connectivity index (χ3n) is 3.11. The molecule has 1 unspecified atom stereocenters. The number of carbonyl (C=O) groups is 1. The number of hydrogen-bond donors (Lipinski definition) is 2. The van der Waals surface area contributed by atoms with Crippen LogP contribution in [0.2, 0.25) is 0 Å². The van der Waals surface area contributed by atoms with Crippen molar-refractivity contribution in [2.24, 2.45) is 5.92 Å². The smallest absolute Gasteiger partial charge is 0.246 e. The Morgan fingerprint density at radius 1 is 1.47 bits per heavy atom. The number of amides is 1. The molecule has 0 radical (unpaired) electrons. The first-order valence-corrected chi connectivity index (χ1v) is 6.88. The first-order chi connectivity index (χ1) is 8.33. The van der Waals surface area contributed by atoms with Crippen LogP contribution in [0, 0.1) is 5.92 Å². The van der Waals surface area contributed by atoms with Gasteiger partial charge in [-0.2, -0.15) is 0 Å². The van der Waals surface area contributed by atoms with Crippen LogP contribution in [0.1, 0.15) is 39.0 Å². The highest BCUT2D eigenvalue weighted by atomic mass is 16.5. The summed E-state index contributed by atoms with van der Waals surface area (Å²) in [6.45, 7) is 5.99. The van der Waals surface area contributed by atoms with Crippen LogP contribution >= 0.6 is 0 Å². The van der Waals surface area contributed by atoms with Gasteiger partial charge in [-0.05, 0) is 38.3 Å². The summed E-state index contributed by atoms with van der Waals surface area (Å²) < 4.78 is 5.31. The van der Waals surface area contributed by atoms with Gasteiger partial charge in [0.2, 0.25) is 5.91 Å². The normalized spacial score (nSPS) is 20.2. The number of hydrogen-bond acceptors (Lipinski definition) is 3. The minimum atomic E-state index is 0.0204. The van der Waals surface area contributed by atoms with Crippen molar-refractivity contribution in [2.75, 3.05) is 32.8 Å². The van der Waals surface area contributed by atoms with Crippen LogP contribution in [-0.2, 0) is 9.53 Å². The zero-order valence-electron chi connectivity index (χ0n) is 11.0. The van der Waals surface area contributed by atoms with E-state index in [1.54, 1.807) is 0 Å². The van der Waals surface area contributed by atoms with Crippen molar-refractivity contribution in [3.8, 4) is 0 Å². The first kappa shape index (κ1) is 14.5. The summed E-state index contributed by atoms with van der Waals surface area (Å²) in [7, 11) is 0. The zero-order chi connectivity index (χ0) is 12.3. The second kappa shape index (κ2) is 9.42. The van der Waals surface area contributed by atoms with Crippen molar-refractivity contribution in [3.05, 3.63) is 0 Å². The molecule has 2 N–H and O–H groups in total. The summed E-state index contributed by atoms with van der Waals surface area (Å²) in [6, 6.07) is 0. The summed E-state index contributed by atoms with van der Waals surface area (Å²) >= 11 is 0. The number of nitrogens with one attached hydrogen (secondary N) is 2. The van der Waals surface area contributed by atoms with E-state index in [1.807, 2.05) is 0 Å². The molecule has 4 heteroatoms. The largest absolute Gasteiger partial charge is 0.372 e. The van der Waals surface area contributed by atoms with E-state index in [1.165, 1.54) is 25.7 Å². The number of rotatable bonds is 8. The van der Waals surface area contributed by atoms with Gasteiger partial charge in [-0.25, -0.2) is 0 Å². The van der Waals surface area contributed by atoms with Gasteiger partial charge in [0.05, 0.1) is 0 Å². The van der Waals surface area contributed by atoms with Gasteiger partial charge in [-0.1, -0.05) is 19.8 Å². The first-order valence-electron chi connectivity index (χ1n) is 6.88. The van der Waals surface area contributed by atoms with Crippen LogP contribution in [0.15, 0.2) is 0 Å². The molecule has 0 saturated carbocycles. The van der Waals surface area contributed by atoms with Gasteiger partial charge in [0, 0.05) is 13.2 Å². The summed E-state index contributed by atoms with van der Waals surface area (Å²) in [6.07, 6.45) is 5.84. The summed E-state index contributed by atoms with van der Waals surface area (Å²) in [5, 5.41) is 6.28. The maximum atomic E-state index is 11.5. The van der Waals surface area contributed by atoms with Gasteiger partial charge in [-0.3, -0.25) is 4.79 Å². The van der Waals surface area contributed by atoms with Crippen molar-refractivity contribution >= 4 is 5.91 Å². The highest BCUT2D eigenvalue weighted by Crippen LogP contribution is 2.07. The molecule has 0 aliphatic carbocycles. The van der Waals surface area contributed by atoms with Crippen molar-refractivity contribution < 1.29 is 9.53 Å². The predicted molar refractivity (Wildman–Crippen MR) is 68.9 cm³/mol. The molecular weight excluding hydrogens is 216 g/mol. The van der Waals surface area contributed by atoms with Crippen molar-refractivity contribution in [3.63, 3.8) is 0 Å². The molecule has 4 nitrogen and oxygen atoms in total. The molecule has 1 saturated heterocycles. The van der Waals surface area contributed by atoms with Crippen LogP contribution in [0.25, 0.3) is 0 Å². The molecule has 1 amide bonds. The lowest BCUT2D eigenvalue weighted by Crippen LogP contribution is -2.39. The molecule has 1 fully saturated rings. The number of carbonyl (C=O) groups excluding carboxylic acids is 1. The quantitative estimate of drug-likeness (QED) is 0.631. The average Bonchev–Trinajstić information content (AvgIpc) is 2.37. The number of piperidine rings is 1. The minimum Gasteiger partial charge on any atom is -0.372 e. The Balaban J connectivity index is 1.93. The highest BCUT2D eigenvalue weighted by molar-refractivity contribution is 5.77. The maximum Gasteiger partial charge on any atom is 0.246 e. The highest BCUT2D eigenvalue weighted by Gasteiger charge is 2.13. The topological polar surface area (TPSA) is 50.4 Å². The fourth-order valence-corrected chi connectivity index (χ4v) is 2.03. The van der Waals surface area contributed by atoms with E-state index in [2.05, 4.69) is 17.6 Å². The lowest BCUT2D eigenvalue weighted by atomic mass is 10.00. The van der Waals surface area contributed by atoms with E-state index in [0.717, 1.165) is 26.1 Å². The standard InChI is InChI=1S/C13H26N2O2/c1-2-3-4-8-17-11-13(16)15-10-12-6-5-7-14-9-12/h12,14H,2-11H2,1H3,(H,15,16). The Bertz CT molecular complexity index is 204. The molecule has 0 bridgehead atoms. The SMILES string of the molecule is CCCCCOCC(=O)NCC1CCCNC1. The van der Waals surface area contributed by atoms with Crippen LogP contribution in [0.4, 0.5) is 0 Å². The van der Waals surface area contributed by atoms with E-state index in [9.17, 15) is 4.79 Å². The number of unbranched alkanes of at least 4 members (excludes halogenated alkanes) is 2. The van der Waals surface area contributed by atoms with Gasteiger partial charge in [0.15, 0.2) is 0 Å². The second-order valence-electron chi connectivity index (χ2n) is 4.78. The molecule has 0 aromatic rings. The minimum absolute atomic E-state index is 0.0204. The average molecular weight is 242 g/mol. The molecule has 17 heavy (non-hydrogen) atoms. The fraction of sp³-hybridized carbons (Fsp3) is 0.923. The Morgan fingerprint density at radius 3 is 3.06 bits per heavy atom. The van der Waals surface area contributed by atoms with Gasteiger partial charge < -0.3 is 15.4 Å². The van der Waals surface area contributed by atoms with Gasteiger partial charge in [0.1, 0.15) is 6.61 Å². The van der Waals surface area contributed by atoms with Crippen molar-refractivity contribution in [1.29, 1.82) is 0 Å². The Hall–Kier alpha value is -0.610. The molecule has 1 rings (SSSR count). The molecule has 0 aromatic carbocycles. The zero-order valence-corrected chi connectivity index (χ0v) is 11.0. The molecule has 1 aliphatic heterocycles. The molecule has 1 atom stereocenters. The molecule has 1 heterocycles. The van der Waals surface area contributed by atoms with E-state index >= 15 is 0 Å². The van der Waals surface area contributed by atoms with Crippen molar-refractivity contribution in [2.45, 2.75) is 39.0 Å². The molecule has 1 aliphatic rings. The van der Waals surface area contributed by atoms with Gasteiger partial charge in [-0.15, -0.1) is 0 Å². The van der Waals surface area contributed by atoms with Crippen molar-refractivity contribution in [1.82, 2.24) is 10.6 Å². The molecule has 0 spiro atoms. The Kier molecular flexibility index (Phi) is 8.01. The third-order valence-corrected chi connectivity index (χ3v) is 3.11. The summed E-state index contributed by atoms with van der Waals surface area (Å²) in [5.74, 6) is 0.611. The fourth-order valence-electron chi connectivity index (χ4n) is 2.03. The molecule has 100 valence electrons. The van der Waals surface area contributed by atoms with Crippen LogP contribution in [-0.4, -0.2) is 38.8 Å². The van der Waals surface area contributed by atoms with E-state index < -0.39 is 0 Å². The van der Waals surface area contributed by atoms with Crippen LogP contribution in [0.3, 0.4) is 0 Å². The maximum absolute atomic E-state index is 11.5. The third kappa shape index (κ3) is 7.34. The Labute approximate surface area is 104 Å². The predicted octanol–water partition coefficient (Wildman–Crippen LogP) is 1.31. The van der Waals surface area contributed by atoms with Gasteiger partial charge in [0.25, 0.3) is 0 Å². The second-order valence-corrected chi connectivity index (χ2v) is 4.78. The van der Waals surface area contributed by atoms with Crippen LogP contribution in [0.5, 0.6) is 0 Å². The summed E-state index contributed by atoms with van der Waals surface area (Å²) in [5.41, 5.74) is 0. The molecular formula is C13H26N2O2. The summed E-state index contributed by atoms with van der Waals surface area (Å²) in [4.78, 5) is 11.5. The van der Waals surface area contributed by atoms with Crippen LogP contribution < -0.4 is 10.6 Å². The van der Waals surface area contributed by atoms with E-state index in [4.69, 9.17) is 4.74 Å². The van der Waals surface area contributed by atoms with Gasteiger partial charge >= 0.3 is 0 Å². The molecule has 0 aromatic heterocycles.